The van der Waals surface area contributed by atoms with E-state index in [-0.39, 0.29) is 0 Å². The number of aromatic nitrogens is 2. The number of hydrogen-bond donors (Lipinski definition) is 2. The molecule has 6 rings (SSSR count). The Morgan fingerprint density at radius 2 is 0.810 bits per heavy atom. The van der Waals surface area contributed by atoms with Crippen molar-refractivity contribution in [1.29, 1.82) is 0 Å². The summed E-state index contributed by atoms with van der Waals surface area (Å²) in [7, 11) is 0. The molecule has 456 valence electrons. The summed E-state index contributed by atoms with van der Waals surface area (Å²) in [4.78, 5) is 150. The number of aromatic amines is 2. The van der Waals surface area contributed by atoms with Crippen molar-refractivity contribution in [2.45, 2.75) is 168 Å². The van der Waals surface area contributed by atoms with E-state index in [1.165, 1.54) is 0 Å². The van der Waals surface area contributed by atoms with Crippen LogP contribution < -0.4 is 0 Å². The van der Waals surface area contributed by atoms with E-state index in [0.29, 0.717) is 32.9 Å². The zero-order valence-corrected chi connectivity index (χ0v) is 47.7. The van der Waals surface area contributed by atoms with E-state index in [9.17, 15) is 52.7 Å². The van der Waals surface area contributed by atoms with Crippen LogP contribution in [0, 0.1) is 0 Å². The molecular formula is C56H66N2O26. The highest BCUT2D eigenvalue weighted by Crippen LogP contribution is 2.43. The summed E-state index contributed by atoms with van der Waals surface area (Å²) in [5, 5.41) is 1.21. The Morgan fingerprint density at radius 3 is 1.26 bits per heavy atom. The number of esters is 11. The van der Waals surface area contributed by atoms with Gasteiger partial charge in [0.1, 0.15) is 44.2 Å². The highest BCUT2D eigenvalue weighted by molar-refractivity contribution is 5.88. The van der Waals surface area contributed by atoms with Crippen LogP contribution in [0.25, 0.3) is 21.8 Å². The van der Waals surface area contributed by atoms with E-state index in [2.05, 4.69) is 9.97 Å². The van der Waals surface area contributed by atoms with Crippen molar-refractivity contribution in [3.05, 3.63) is 72.1 Å². The van der Waals surface area contributed by atoms with Crippen molar-refractivity contribution in [2.24, 2.45) is 0 Å². The highest BCUT2D eigenvalue weighted by atomic mass is 16.8. The lowest BCUT2D eigenvalue weighted by molar-refractivity contribution is -0.369. The molecule has 0 radical (unpaired) electrons. The van der Waals surface area contributed by atoms with E-state index in [1.54, 1.807) is 60.9 Å². The third-order valence-electron chi connectivity index (χ3n) is 12.8. The first-order chi connectivity index (χ1) is 39.7. The first-order valence-corrected chi connectivity index (χ1v) is 26.2. The molecule has 2 aromatic carbocycles. The standard InChI is InChI=1S/C56H66N2O26/c1-25(59)70-22-42(73-28(4)62)47(50(76-31(7)65)49(75-30(6)64)45(38-20-57-40-18-14-12-16-36(38)40)39-21-58-41-19-15-13-17-37(39)41)83-56-54(80-35(11)69)52(78-33(9)67)48(44(82-56)24-72-27(3)61)84-55-53(79-34(10)68)51(77-32(8)66)46(74-29(5)63)43(81-55)23-71-26(2)60/h12-21,42-58H,22-24H2,1-11H3/t42-,43-,44-,46-,47-,48-,49+,50+,51+,52+,53-,54-,55-,56-/m1/s1. The Kier molecular flexibility index (Phi) is 22.5. The van der Waals surface area contributed by atoms with Gasteiger partial charge in [0.2, 0.25) is 0 Å². The second kappa shape index (κ2) is 29.2. The van der Waals surface area contributed by atoms with Gasteiger partial charge in [-0.2, -0.15) is 0 Å². The number of fused-ring (bicyclic) bond motifs is 2. The zero-order valence-electron chi connectivity index (χ0n) is 47.7. The summed E-state index contributed by atoms with van der Waals surface area (Å²) in [6.07, 6.45) is -23.6. The predicted octanol–water partition coefficient (Wildman–Crippen LogP) is 3.14. The Morgan fingerprint density at radius 1 is 0.417 bits per heavy atom. The van der Waals surface area contributed by atoms with Gasteiger partial charge in [-0.1, -0.05) is 36.4 Å². The van der Waals surface area contributed by atoms with Crippen molar-refractivity contribution >= 4 is 87.5 Å². The minimum atomic E-state index is -2.20. The van der Waals surface area contributed by atoms with E-state index in [0.717, 1.165) is 76.2 Å². The average molecular weight is 1180 g/mol. The Bertz CT molecular complexity index is 2980. The molecular weight excluding hydrogens is 1120 g/mol. The molecule has 0 saturated carbocycles. The topological polar surface area (TPSA) is 358 Å². The number of benzene rings is 2. The molecule has 2 fully saturated rings. The van der Waals surface area contributed by atoms with Crippen molar-refractivity contribution in [2.75, 3.05) is 19.8 Å². The number of carbonyl (C=O) groups is 11. The number of rotatable bonds is 24. The van der Waals surface area contributed by atoms with Crippen LogP contribution in [0.1, 0.15) is 93.2 Å². The van der Waals surface area contributed by atoms with Crippen molar-refractivity contribution in [3.8, 4) is 0 Å². The normalized spacial score (nSPS) is 23.5. The maximum absolute atomic E-state index is 13.8. The van der Waals surface area contributed by atoms with E-state index in [1.807, 2.05) is 0 Å². The second-order valence-electron chi connectivity index (χ2n) is 19.4. The van der Waals surface area contributed by atoms with E-state index in [4.69, 9.17) is 71.1 Å². The summed E-state index contributed by atoms with van der Waals surface area (Å²) in [5.74, 6) is -12.1. The fourth-order valence-electron chi connectivity index (χ4n) is 9.98. The Hall–Kier alpha value is -8.47. The average Bonchev–Trinajstić information content (AvgIpc) is 1.60. The molecule has 2 aliphatic rings. The van der Waals surface area contributed by atoms with Crippen molar-refractivity contribution < 1.29 is 124 Å². The van der Waals surface area contributed by atoms with Crippen LogP contribution in [-0.4, -0.2) is 181 Å². The van der Waals surface area contributed by atoms with Gasteiger partial charge in [-0.15, -0.1) is 0 Å². The molecule has 28 heteroatoms. The molecule has 28 nitrogen and oxygen atoms in total. The van der Waals surface area contributed by atoms with Gasteiger partial charge in [0.15, 0.2) is 61.4 Å². The largest absolute Gasteiger partial charge is 0.463 e. The fourth-order valence-corrected chi connectivity index (χ4v) is 9.98. The molecule has 0 bridgehead atoms. The summed E-state index contributed by atoms with van der Waals surface area (Å²) in [6, 6.07) is 14.2. The summed E-state index contributed by atoms with van der Waals surface area (Å²) in [5.41, 5.74) is 2.18. The summed E-state index contributed by atoms with van der Waals surface area (Å²) in [6.45, 7) is 8.53. The first kappa shape index (κ1) is 64.7. The summed E-state index contributed by atoms with van der Waals surface area (Å²) < 4.78 is 89.0. The van der Waals surface area contributed by atoms with Crippen molar-refractivity contribution in [3.63, 3.8) is 0 Å². The Labute approximate surface area is 479 Å². The monoisotopic (exact) mass is 1180 g/mol. The number of H-pyrrole nitrogens is 2. The van der Waals surface area contributed by atoms with Gasteiger partial charge >= 0.3 is 65.7 Å². The molecule has 4 aromatic rings. The lowest BCUT2D eigenvalue weighted by Crippen LogP contribution is -2.68. The van der Waals surface area contributed by atoms with Crippen LogP contribution in [0.5, 0.6) is 0 Å². The fraction of sp³-hybridized carbons (Fsp3) is 0.518. The molecule has 14 atom stereocenters. The third-order valence-corrected chi connectivity index (χ3v) is 12.8. The van der Waals surface area contributed by atoms with Gasteiger partial charge in [0.25, 0.3) is 0 Å². The van der Waals surface area contributed by atoms with Crippen LogP contribution in [0.3, 0.4) is 0 Å². The zero-order chi connectivity index (χ0) is 61.7. The SMILES string of the molecule is CC(=O)OC[C@H]1O[C@H](O[C@H]2[C@H](OC(C)=O)[C@@H](OC(C)=O)[C@@H](O[C@@H]([C@H](OC(C)=O)[C@@H](OC(C)=O)C(c3c[nH]c4ccccc34)c3c[nH]c4ccccc34)[C@@H](COC(C)=O)OC(C)=O)O[C@@H]2COC(C)=O)[C@H](OC(C)=O)[C@@H](OC(C)=O)[C@@H]1OC(C)=O. The lowest BCUT2D eigenvalue weighted by Gasteiger charge is -2.49. The van der Waals surface area contributed by atoms with Gasteiger partial charge in [-0.25, -0.2) is 0 Å². The Balaban J connectivity index is 1.61. The van der Waals surface area contributed by atoms with Crippen molar-refractivity contribution in [1.82, 2.24) is 9.97 Å². The second-order valence-corrected chi connectivity index (χ2v) is 19.4. The molecule has 0 aliphatic carbocycles. The number of nitrogens with one attached hydrogen (secondary N) is 2. The number of ether oxygens (including phenoxy) is 15. The minimum absolute atomic E-state index is 0.465. The highest BCUT2D eigenvalue weighted by Gasteiger charge is 2.59. The smallest absolute Gasteiger partial charge is 0.303 e. The van der Waals surface area contributed by atoms with Crippen LogP contribution >= 0.6 is 0 Å². The molecule has 2 aliphatic heterocycles. The van der Waals surface area contributed by atoms with Gasteiger partial charge in [0.05, 0.1) is 5.92 Å². The molecule has 0 spiro atoms. The predicted molar refractivity (Wildman–Crippen MR) is 280 cm³/mol. The molecule has 2 aromatic heterocycles. The molecule has 0 unspecified atom stereocenters. The summed E-state index contributed by atoms with van der Waals surface area (Å²) >= 11 is 0. The van der Waals surface area contributed by atoms with Gasteiger partial charge < -0.3 is 81.0 Å². The van der Waals surface area contributed by atoms with Crippen LogP contribution in [0.15, 0.2) is 60.9 Å². The van der Waals surface area contributed by atoms with Crippen LogP contribution in [0.2, 0.25) is 0 Å². The lowest BCUT2D eigenvalue weighted by atomic mass is 9.81. The molecule has 0 amide bonds. The van der Waals surface area contributed by atoms with E-state index >= 15 is 0 Å². The van der Waals surface area contributed by atoms with Crippen LogP contribution in [0.4, 0.5) is 0 Å². The van der Waals surface area contributed by atoms with Gasteiger partial charge in [0, 0.05) is 110 Å². The van der Waals surface area contributed by atoms with E-state index < -0.39 is 177 Å². The maximum Gasteiger partial charge on any atom is 0.303 e. The minimum Gasteiger partial charge on any atom is -0.463 e. The number of para-hydroxylation sites is 2. The number of hydrogen-bond acceptors (Lipinski definition) is 26. The molecule has 84 heavy (non-hydrogen) atoms. The first-order valence-electron chi connectivity index (χ1n) is 26.2. The van der Waals surface area contributed by atoms with Gasteiger partial charge in [-0.3, -0.25) is 52.7 Å². The van der Waals surface area contributed by atoms with Crippen LogP contribution in [-0.2, 0) is 124 Å². The quantitative estimate of drug-likeness (QED) is 0.0751. The van der Waals surface area contributed by atoms with Gasteiger partial charge in [-0.05, 0) is 23.3 Å². The maximum atomic E-state index is 13.8. The molecule has 2 N–H and O–H groups in total. The number of carbonyl (C=O) groups excluding carboxylic acids is 11. The molecule has 4 heterocycles. The third kappa shape index (κ3) is 17.1. The molecule has 2 saturated heterocycles.